The summed E-state index contributed by atoms with van der Waals surface area (Å²) in [5, 5.41) is 0. The highest BCUT2D eigenvalue weighted by atomic mass is 16.5. The Hall–Kier alpha value is -1.84. The molecule has 4 heteroatoms. The van der Waals surface area contributed by atoms with Gasteiger partial charge in [0.05, 0.1) is 12.2 Å². The SMILES string of the molecule is CCOC(=O)C[C@@H]1C[C@@H]([C@H](C)OC(=O)c2ccccc2)C1(C)C. The fourth-order valence-electron chi connectivity index (χ4n) is 3.51. The molecule has 0 unspecified atom stereocenters. The lowest BCUT2D eigenvalue weighted by Gasteiger charge is -2.54. The maximum atomic E-state index is 12.2. The van der Waals surface area contributed by atoms with Crippen molar-refractivity contribution in [2.75, 3.05) is 6.61 Å². The summed E-state index contributed by atoms with van der Waals surface area (Å²) in [6, 6.07) is 9.03. The lowest BCUT2D eigenvalue weighted by Crippen LogP contribution is -2.51. The summed E-state index contributed by atoms with van der Waals surface area (Å²) in [5.41, 5.74) is 0.530. The molecule has 0 heterocycles. The third-order valence-electron chi connectivity index (χ3n) is 5.13. The molecule has 1 aliphatic carbocycles. The molecule has 1 aromatic rings. The molecule has 0 amide bonds. The van der Waals surface area contributed by atoms with E-state index in [0.29, 0.717) is 18.6 Å². The molecule has 0 saturated heterocycles. The average Bonchev–Trinajstić information content (AvgIpc) is 2.52. The molecular weight excluding hydrogens is 292 g/mol. The minimum atomic E-state index is -0.289. The fraction of sp³-hybridized carbons (Fsp3) is 0.579. The standard InChI is InChI=1S/C19H26O4/c1-5-22-17(20)12-15-11-16(19(15,3)4)13(2)23-18(21)14-9-7-6-8-10-14/h6-10,13,15-16H,5,11-12H2,1-4H3/t13-,15-,16-/m0/s1. The van der Waals surface area contributed by atoms with E-state index in [-0.39, 0.29) is 35.3 Å². The smallest absolute Gasteiger partial charge is 0.338 e. The summed E-state index contributed by atoms with van der Waals surface area (Å²) in [6.07, 6.45) is 1.15. The molecule has 2 rings (SSSR count). The van der Waals surface area contributed by atoms with Crippen molar-refractivity contribution in [3.63, 3.8) is 0 Å². The normalized spacial score (nSPS) is 23.5. The number of benzene rings is 1. The number of hydrogen-bond donors (Lipinski definition) is 0. The molecule has 126 valence electrons. The Morgan fingerprint density at radius 2 is 1.91 bits per heavy atom. The van der Waals surface area contributed by atoms with Crippen molar-refractivity contribution >= 4 is 11.9 Å². The van der Waals surface area contributed by atoms with Crippen molar-refractivity contribution in [1.29, 1.82) is 0 Å². The second-order valence-electron chi connectivity index (χ2n) is 6.85. The summed E-state index contributed by atoms with van der Waals surface area (Å²) in [7, 11) is 0. The van der Waals surface area contributed by atoms with E-state index in [0.717, 1.165) is 6.42 Å². The predicted octanol–water partition coefficient (Wildman–Crippen LogP) is 3.85. The number of ether oxygens (including phenoxy) is 2. The third-order valence-corrected chi connectivity index (χ3v) is 5.13. The zero-order valence-electron chi connectivity index (χ0n) is 14.4. The van der Waals surface area contributed by atoms with Crippen molar-refractivity contribution in [2.45, 2.75) is 46.6 Å². The van der Waals surface area contributed by atoms with Crippen LogP contribution < -0.4 is 0 Å². The first-order valence-electron chi connectivity index (χ1n) is 8.27. The fourth-order valence-corrected chi connectivity index (χ4v) is 3.51. The molecule has 1 saturated carbocycles. The zero-order chi connectivity index (χ0) is 17.0. The van der Waals surface area contributed by atoms with Gasteiger partial charge in [-0.25, -0.2) is 4.79 Å². The molecule has 1 aliphatic rings. The summed E-state index contributed by atoms with van der Waals surface area (Å²) in [4.78, 5) is 23.8. The third kappa shape index (κ3) is 3.92. The van der Waals surface area contributed by atoms with E-state index >= 15 is 0 Å². The van der Waals surface area contributed by atoms with Gasteiger partial charge in [-0.2, -0.15) is 0 Å². The molecule has 3 atom stereocenters. The summed E-state index contributed by atoms with van der Waals surface area (Å²) in [5.74, 6) is 0.111. The van der Waals surface area contributed by atoms with Crippen molar-refractivity contribution < 1.29 is 19.1 Å². The Morgan fingerprint density at radius 1 is 1.26 bits per heavy atom. The molecule has 0 aliphatic heterocycles. The molecule has 0 spiro atoms. The summed E-state index contributed by atoms with van der Waals surface area (Å²) < 4.78 is 10.7. The van der Waals surface area contributed by atoms with E-state index in [4.69, 9.17) is 9.47 Å². The van der Waals surface area contributed by atoms with Crippen LogP contribution >= 0.6 is 0 Å². The molecule has 0 bridgehead atoms. The number of carbonyl (C=O) groups is 2. The van der Waals surface area contributed by atoms with Gasteiger partial charge >= 0.3 is 11.9 Å². The molecule has 1 fully saturated rings. The zero-order valence-corrected chi connectivity index (χ0v) is 14.4. The van der Waals surface area contributed by atoms with Crippen LogP contribution in [0.2, 0.25) is 0 Å². The number of carbonyl (C=O) groups excluding carboxylic acids is 2. The van der Waals surface area contributed by atoms with Gasteiger partial charge in [0.25, 0.3) is 0 Å². The quantitative estimate of drug-likeness (QED) is 0.748. The molecule has 0 aromatic heterocycles. The van der Waals surface area contributed by atoms with Gasteiger partial charge in [0, 0.05) is 12.3 Å². The number of esters is 2. The minimum absolute atomic E-state index is 0.0385. The van der Waals surface area contributed by atoms with Crippen molar-refractivity contribution in [3.8, 4) is 0 Å². The van der Waals surface area contributed by atoms with Gasteiger partial charge in [-0.05, 0) is 43.7 Å². The number of rotatable bonds is 6. The Labute approximate surface area is 138 Å². The van der Waals surface area contributed by atoms with Gasteiger partial charge in [0.2, 0.25) is 0 Å². The summed E-state index contributed by atoms with van der Waals surface area (Å²) >= 11 is 0. The number of hydrogen-bond acceptors (Lipinski definition) is 4. The van der Waals surface area contributed by atoms with Crippen LogP contribution in [0, 0.1) is 17.3 Å². The Balaban J connectivity index is 1.90. The Bertz CT molecular complexity index is 550. The van der Waals surface area contributed by atoms with Crippen LogP contribution in [0.5, 0.6) is 0 Å². The van der Waals surface area contributed by atoms with Gasteiger partial charge in [-0.1, -0.05) is 32.0 Å². The van der Waals surface area contributed by atoms with Crippen LogP contribution in [0.1, 0.15) is 50.9 Å². The van der Waals surface area contributed by atoms with Gasteiger partial charge in [-0.15, -0.1) is 0 Å². The van der Waals surface area contributed by atoms with E-state index in [1.54, 1.807) is 12.1 Å². The van der Waals surface area contributed by atoms with Crippen molar-refractivity contribution in [2.24, 2.45) is 17.3 Å². The second-order valence-corrected chi connectivity index (χ2v) is 6.85. The monoisotopic (exact) mass is 318 g/mol. The highest BCUT2D eigenvalue weighted by Gasteiger charge is 2.51. The van der Waals surface area contributed by atoms with Crippen molar-refractivity contribution in [3.05, 3.63) is 35.9 Å². The van der Waals surface area contributed by atoms with E-state index < -0.39 is 0 Å². The molecule has 23 heavy (non-hydrogen) atoms. The van der Waals surface area contributed by atoms with Crippen LogP contribution in [-0.4, -0.2) is 24.6 Å². The van der Waals surface area contributed by atoms with Crippen LogP contribution in [0.25, 0.3) is 0 Å². The molecule has 4 nitrogen and oxygen atoms in total. The summed E-state index contributed by atoms with van der Waals surface area (Å²) in [6.45, 7) is 8.45. The first-order chi connectivity index (χ1) is 10.9. The van der Waals surface area contributed by atoms with E-state index in [9.17, 15) is 9.59 Å². The van der Waals surface area contributed by atoms with Gasteiger partial charge < -0.3 is 9.47 Å². The predicted molar refractivity (Wildman–Crippen MR) is 87.9 cm³/mol. The Kier molecular flexibility index (Phi) is 5.45. The van der Waals surface area contributed by atoms with Gasteiger partial charge in [0.15, 0.2) is 0 Å². The highest BCUT2D eigenvalue weighted by molar-refractivity contribution is 5.89. The van der Waals surface area contributed by atoms with Gasteiger partial charge in [-0.3, -0.25) is 4.79 Å². The van der Waals surface area contributed by atoms with Crippen LogP contribution in [0.4, 0.5) is 0 Å². The molecule has 1 aromatic carbocycles. The highest BCUT2D eigenvalue weighted by Crippen LogP contribution is 2.55. The van der Waals surface area contributed by atoms with Crippen LogP contribution in [-0.2, 0) is 14.3 Å². The van der Waals surface area contributed by atoms with Gasteiger partial charge in [0.1, 0.15) is 6.10 Å². The topological polar surface area (TPSA) is 52.6 Å². The van der Waals surface area contributed by atoms with Crippen LogP contribution in [0.15, 0.2) is 30.3 Å². The van der Waals surface area contributed by atoms with E-state index in [1.165, 1.54) is 0 Å². The van der Waals surface area contributed by atoms with E-state index in [2.05, 4.69) is 13.8 Å². The first-order valence-corrected chi connectivity index (χ1v) is 8.27. The Morgan fingerprint density at radius 3 is 2.48 bits per heavy atom. The lowest BCUT2D eigenvalue weighted by atomic mass is 9.52. The maximum Gasteiger partial charge on any atom is 0.338 e. The second kappa shape index (κ2) is 7.16. The van der Waals surface area contributed by atoms with Crippen LogP contribution in [0.3, 0.4) is 0 Å². The maximum absolute atomic E-state index is 12.2. The average molecular weight is 318 g/mol. The molecule has 0 radical (unpaired) electrons. The lowest BCUT2D eigenvalue weighted by molar-refractivity contribution is -0.153. The molecular formula is C19H26O4. The molecule has 0 N–H and O–H groups in total. The largest absolute Gasteiger partial charge is 0.466 e. The van der Waals surface area contributed by atoms with Crippen molar-refractivity contribution in [1.82, 2.24) is 0 Å². The minimum Gasteiger partial charge on any atom is -0.466 e. The first kappa shape index (κ1) is 17.5. The van der Waals surface area contributed by atoms with E-state index in [1.807, 2.05) is 32.0 Å².